The molecule has 0 bridgehead atoms. The molecule has 1 saturated heterocycles. The predicted molar refractivity (Wildman–Crippen MR) is 97.2 cm³/mol. The van der Waals surface area contributed by atoms with E-state index in [1.807, 2.05) is 4.90 Å². The molecule has 1 aromatic rings. The van der Waals surface area contributed by atoms with Crippen molar-refractivity contribution < 1.29 is 13.2 Å². The number of hydrogen-bond acceptors (Lipinski definition) is 3. The number of unbranched alkanes of at least 4 members (excludes halogenated alkanes) is 5. The summed E-state index contributed by atoms with van der Waals surface area (Å²) in [5, 5.41) is 0. The molecule has 0 atom stereocenters. The van der Waals surface area contributed by atoms with Crippen LogP contribution in [0, 0.1) is 0 Å². The van der Waals surface area contributed by atoms with Crippen LogP contribution in [0.15, 0.2) is 29.2 Å². The maximum Gasteiger partial charge on any atom is 0.324 e. The summed E-state index contributed by atoms with van der Waals surface area (Å²) in [6.45, 7) is 4.41. The molecule has 0 spiro atoms. The standard InChI is InChI=1S/C18H28N2O3S/c1-3-4-5-6-7-8-13-19-14-15-20(18(19)21)16-9-11-17(12-10-16)24(2,22)23/h9-12H,3-8,13-15H2,1-2H3. The van der Waals surface area contributed by atoms with E-state index in [0.717, 1.165) is 25.2 Å². The second kappa shape index (κ2) is 8.51. The molecule has 1 heterocycles. The van der Waals surface area contributed by atoms with Crippen LogP contribution in [-0.2, 0) is 9.84 Å². The summed E-state index contributed by atoms with van der Waals surface area (Å²) in [6.07, 6.45) is 8.47. The van der Waals surface area contributed by atoms with Crippen molar-refractivity contribution in [2.75, 3.05) is 30.8 Å². The van der Waals surface area contributed by atoms with Gasteiger partial charge in [0.15, 0.2) is 9.84 Å². The van der Waals surface area contributed by atoms with Crippen molar-refractivity contribution in [2.24, 2.45) is 0 Å². The topological polar surface area (TPSA) is 57.7 Å². The van der Waals surface area contributed by atoms with Crippen molar-refractivity contribution in [1.29, 1.82) is 0 Å². The van der Waals surface area contributed by atoms with Crippen LogP contribution in [0.3, 0.4) is 0 Å². The molecule has 5 nitrogen and oxygen atoms in total. The quantitative estimate of drug-likeness (QED) is 0.637. The van der Waals surface area contributed by atoms with Gasteiger partial charge in [0.1, 0.15) is 0 Å². The fourth-order valence-electron chi connectivity index (χ4n) is 2.99. The number of sulfone groups is 1. The van der Waals surface area contributed by atoms with E-state index < -0.39 is 9.84 Å². The number of amides is 2. The molecule has 1 aliphatic heterocycles. The summed E-state index contributed by atoms with van der Waals surface area (Å²) < 4.78 is 23.0. The predicted octanol–water partition coefficient (Wildman–Crippen LogP) is 3.69. The number of rotatable bonds is 9. The second-order valence-electron chi connectivity index (χ2n) is 6.46. The van der Waals surface area contributed by atoms with Crippen LogP contribution in [-0.4, -0.2) is 45.2 Å². The van der Waals surface area contributed by atoms with Crippen molar-refractivity contribution in [1.82, 2.24) is 4.90 Å². The molecule has 0 radical (unpaired) electrons. The number of anilines is 1. The Morgan fingerprint density at radius 2 is 1.58 bits per heavy atom. The van der Waals surface area contributed by atoms with Crippen molar-refractivity contribution >= 4 is 21.6 Å². The van der Waals surface area contributed by atoms with Crippen LogP contribution in [0.2, 0.25) is 0 Å². The van der Waals surface area contributed by atoms with Crippen LogP contribution in [0.5, 0.6) is 0 Å². The first-order chi connectivity index (χ1) is 11.4. The van der Waals surface area contributed by atoms with Crippen LogP contribution in [0.1, 0.15) is 45.4 Å². The summed E-state index contributed by atoms with van der Waals surface area (Å²) in [4.78, 5) is 16.4. The van der Waals surface area contributed by atoms with Gasteiger partial charge in [0.05, 0.1) is 4.90 Å². The normalized spacial score (nSPS) is 15.3. The van der Waals surface area contributed by atoms with Gasteiger partial charge in [0.2, 0.25) is 0 Å². The lowest BCUT2D eigenvalue weighted by molar-refractivity contribution is 0.219. The Balaban J connectivity index is 1.85. The van der Waals surface area contributed by atoms with Gasteiger partial charge < -0.3 is 4.90 Å². The molecule has 0 saturated carbocycles. The molecule has 0 unspecified atom stereocenters. The van der Waals surface area contributed by atoms with Gasteiger partial charge in [-0.15, -0.1) is 0 Å². The summed E-state index contributed by atoms with van der Waals surface area (Å²) in [5.41, 5.74) is 0.762. The van der Waals surface area contributed by atoms with Crippen LogP contribution in [0.4, 0.5) is 10.5 Å². The maximum atomic E-state index is 12.5. The van der Waals surface area contributed by atoms with Gasteiger partial charge in [-0.25, -0.2) is 13.2 Å². The first-order valence-corrected chi connectivity index (χ1v) is 10.7. The van der Waals surface area contributed by atoms with Gasteiger partial charge in [-0.3, -0.25) is 4.90 Å². The zero-order chi connectivity index (χ0) is 17.6. The molecular weight excluding hydrogens is 324 g/mol. The second-order valence-corrected chi connectivity index (χ2v) is 8.47. The minimum absolute atomic E-state index is 0.0238. The zero-order valence-corrected chi connectivity index (χ0v) is 15.5. The average Bonchev–Trinajstić information content (AvgIpc) is 2.91. The molecular formula is C18H28N2O3S. The number of urea groups is 1. The number of benzene rings is 1. The minimum atomic E-state index is -3.20. The molecule has 2 rings (SSSR count). The fraction of sp³-hybridized carbons (Fsp3) is 0.611. The van der Waals surface area contributed by atoms with E-state index in [4.69, 9.17) is 0 Å². The number of nitrogens with zero attached hydrogens (tertiary/aromatic N) is 2. The molecule has 0 N–H and O–H groups in total. The first-order valence-electron chi connectivity index (χ1n) is 8.80. The van der Waals surface area contributed by atoms with Gasteiger partial charge in [-0.1, -0.05) is 39.0 Å². The highest BCUT2D eigenvalue weighted by molar-refractivity contribution is 7.90. The molecule has 134 valence electrons. The van der Waals surface area contributed by atoms with E-state index in [1.165, 1.54) is 38.4 Å². The molecule has 24 heavy (non-hydrogen) atoms. The Labute approximate surface area is 145 Å². The highest BCUT2D eigenvalue weighted by Crippen LogP contribution is 2.22. The van der Waals surface area contributed by atoms with Gasteiger partial charge in [-0.05, 0) is 30.7 Å². The Bertz CT molecular complexity index is 641. The monoisotopic (exact) mass is 352 g/mol. The Morgan fingerprint density at radius 3 is 2.21 bits per heavy atom. The van der Waals surface area contributed by atoms with Gasteiger partial charge in [-0.2, -0.15) is 0 Å². The highest BCUT2D eigenvalue weighted by Gasteiger charge is 2.29. The smallest absolute Gasteiger partial charge is 0.323 e. The summed E-state index contributed by atoms with van der Waals surface area (Å²) >= 11 is 0. The SMILES string of the molecule is CCCCCCCCN1CCN(c2ccc(S(C)(=O)=O)cc2)C1=O. The van der Waals surface area contributed by atoms with Crippen molar-refractivity contribution in [3.05, 3.63) is 24.3 Å². The lowest BCUT2D eigenvalue weighted by atomic mass is 10.1. The number of carbonyl (C=O) groups excluding carboxylic acids is 1. The summed E-state index contributed by atoms with van der Waals surface area (Å²) in [7, 11) is -3.20. The largest absolute Gasteiger partial charge is 0.324 e. The van der Waals surface area contributed by atoms with Crippen LogP contribution in [0.25, 0.3) is 0 Å². The lowest BCUT2D eigenvalue weighted by Gasteiger charge is -2.19. The Morgan fingerprint density at radius 1 is 0.958 bits per heavy atom. The maximum absolute atomic E-state index is 12.5. The molecule has 6 heteroatoms. The van der Waals surface area contributed by atoms with Crippen LogP contribution < -0.4 is 4.90 Å². The van der Waals surface area contributed by atoms with E-state index >= 15 is 0 Å². The number of hydrogen-bond donors (Lipinski definition) is 0. The van der Waals surface area contributed by atoms with Gasteiger partial charge in [0, 0.05) is 31.6 Å². The van der Waals surface area contributed by atoms with Crippen molar-refractivity contribution in [3.63, 3.8) is 0 Å². The van der Waals surface area contributed by atoms with E-state index in [2.05, 4.69) is 6.92 Å². The van der Waals surface area contributed by atoms with Crippen LogP contribution >= 0.6 is 0 Å². The van der Waals surface area contributed by atoms with Gasteiger partial charge >= 0.3 is 6.03 Å². The van der Waals surface area contributed by atoms with E-state index in [0.29, 0.717) is 6.54 Å². The van der Waals surface area contributed by atoms with Gasteiger partial charge in [0.25, 0.3) is 0 Å². The molecule has 0 aliphatic carbocycles. The zero-order valence-electron chi connectivity index (χ0n) is 14.7. The summed E-state index contributed by atoms with van der Waals surface area (Å²) in [5.74, 6) is 0. The number of carbonyl (C=O) groups is 1. The molecule has 0 aromatic heterocycles. The van der Waals surface area contributed by atoms with Crippen molar-refractivity contribution in [3.8, 4) is 0 Å². The first kappa shape index (κ1) is 18.8. The third kappa shape index (κ3) is 4.97. The minimum Gasteiger partial charge on any atom is -0.323 e. The lowest BCUT2D eigenvalue weighted by Crippen LogP contribution is -2.32. The average molecular weight is 353 g/mol. The van der Waals surface area contributed by atoms with E-state index in [9.17, 15) is 13.2 Å². The molecule has 1 aromatic carbocycles. The summed E-state index contributed by atoms with van der Waals surface area (Å²) in [6, 6.07) is 6.57. The molecule has 2 amide bonds. The molecule has 1 aliphatic rings. The highest BCUT2D eigenvalue weighted by atomic mass is 32.2. The Hall–Kier alpha value is -1.56. The van der Waals surface area contributed by atoms with E-state index in [1.54, 1.807) is 29.2 Å². The Kier molecular flexibility index (Phi) is 6.66. The van der Waals surface area contributed by atoms with E-state index in [-0.39, 0.29) is 10.9 Å². The van der Waals surface area contributed by atoms with Crippen molar-refractivity contribution in [2.45, 2.75) is 50.3 Å². The molecule has 1 fully saturated rings. The third-order valence-electron chi connectivity index (χ3n) is 4.45. The fourth-order valence-corrected chi connectivity index (χ4v) is 3.62. The third-order valence-corrected chi connectivity index (χ3v) is 5.58.